The number of fused-ring (bicyclic) bond motifs is 4. The molecule has 3 atom stereocenters. The normalized spacial score (nSPS) is 23.1. The zero-order chi connectivity index (χ0) is 23.2. The Morgan fingerprint density at radius 3 is 2.58 bits per heavy atom. The Morgan fingerprint density at radius 1 is 1.15 bits per heavy atom. The summed E-state index contributed by atoms with van der Waals surface area (Å²) in [7, 11) is 1.61. The van der Waals surface area contributed by atoms with E-state index in [4.69, 9.17) is 21.7 Å². The molecule has 5 rings (SSSR count). The summed E-state index contributed by atoms with van der Waals surface area (Å²) < 4.78 is 12.7. The van der Waals surface area contributed by atoms with Crippen molar-refractivity contribution in [3.05, 3.63) is 82.8 Å². The van der Waals surface area contributed by atoms with Crippen LogP contribution in [-0.4, -0.2) is 23.9 Å². The molecular weight excluding hydrogens is 502 g/mol. The molecule has 6 nitrogen and oxygen atoms in total. The highest BCUT2D eigenvalue weighted by Gasteiger charge is 2.59. The molecule has 2 N–H and O–H groups in total. The van der Waals surface area contributed by atoms with Crippen molar-refractivity contribution >= 4 is 50.5 Å². The van der Waals surface area contributed by atoms with Crippen molar-refractivity contribution in [2.24, 2.45) is 5.92 Å². The average molecular weight is 524 g/mol. The number of hydrogen-bond donors (Lipinski definition) is 2. The maximum Gasteiger partial charge on any atom is 0.236 e. The Hall–Kier alpha value is -3.10. The molecule has 0 aliphatic carbocycles. The standard InChI is InChI=1S/C25H22BrN3O3S/c1-25-21(23(30)27-16-9-11-18(31-2)12-10-16)22(19-14-15(26)8-13-20(19)32-25)28-24(33)29(25)17-6-4-3-5-7-17/h3-14,21-22H,1-2H3,(H,27,30)(H,28,33)/t21-,22-,25+/m1/s1. The Balaban J connectivity index is 1.59. The zero-order valence-corrected chi connectivity index (χ0v) is 20.4. The molecule has 168 valence electrons. The zero-order valence-electron chi connectivity index (χ0n) is 18.0. The molecule has 8 heteroatoms. The van der Waals surface area contributed by atoms with Gasteiger partial charge in [0.05, 0.1) is 13.2 Å². The summed E-state index contributed by atoms with van der Waals surface area (Å²) in [5, 5.41) is 6.98. The van der Waals surface area contributed by atoms with E-state index < -0.39 is 11.6 Å². The van der Waals surface area contributed by atoms with E-state index in [9.17, 15) is 4.79 Å². The van der Waals surface area contributed by atoms with E-state index in [1.165, 1.54) is 0 Å². The molecule has 2 aliphatic rings. The van der Waals surface area contributed by atoms with Gasteiger partial charge in [0.1, 0.15) is 17.4 Å². The van der Waals surface area contributed by atoms with Gasteiger partial charge < -0.3 is 20.1 Å². The average Bonchev–Trinajstić information content (AvgIpc) is 2.80. The first-order valence-electron chi connectivity index (χ1n) is 10.5. The van der Waals surface area contributed by atoms with Crippen molar-refractivity contribution in [1.29, 1.82) is 0 Å². The van der Waals surface area contributed by atoms with E-state index in [-0.39, 0.29) is 11.9 Å². The van der Waals surface area contributed by atoms with Gasteiger partial charge in [0.2, 0.25) is 5.91 Å². The van der Waals surface area contributed by atoms with Gasteiger partial charge in [-0.3, -0.25) is 9.69 Å². The predicted octanol–water partition coefficient (Wildman–Crippen LogP) is 5.26. The van der Waals surface area contributed by atoms with Crippen LogP contribution in [0.5, 0.6) is 11.5 Å². The number of hydrogen-bond acceptors (Lipinski definition) is 4. The molecular formula is C25H22BrN3O3S. The third-order valence-electron chi connectivity index (χ3n) is 6.11. The molecule has 0 radical (unpaired) electrons. The lowest BCUT2D eigenvalue weighted by Gasteiger charge is -2.56. The Morgan fingerprint density at radius 2 is 1.88 bits per heavy atom. The first-order valence-corrected chi connectivity index (χ1v) is 11.7. The number of methoxy groups -OCH3 is 1. The number of carbonyl (C=O) groups is 1. The van der Waals surface area contributed by atoms with Gasteiger partial charge in [-0.2, -0.15) is 0 Å². The molecule has 0 unspecified atom stereocenters. The number of halogens is 1. The predicted molar refractivity (Wildman–Crippen MR) is 136 cm³/mol. The van der Waals surface area contributed by atoms with E-state index in [1.807, 2.05) is 84.6 Å². The topological polar surface area (TPSA) is 62.8 Å². The van der Waals surface area contributed by atoms with Crippen molar-refractivity contribution in [3.8, 4) is 11.5 Å². The van der Waals surface area contributed by atoms with Crippen molar-refractivity contribution in [2.45, 2.75) is 18.7 Å². The fraction of sp³-hybridized carbons (Fsp3) is 0.200. The van der Waals surface area contributed by atoms with Crippen LogP contribution >= 0.6 is 28.1 Å². The van der Waals surface area contributed by atoms with Crippen molar-refractivity contribution < 1.29 is 14.3 Å². The summed E-state index contributed by atoms with van der Waals surface area (Å²) in [5.41, 5.74) is 1.35. The molecule has 1 saturated heterocycles. The molecule has 1 amide bonds. The number of para-hydroxylation sites is 1. The van der Waals surface area contributed by atoms with Crippen LogP contribution in [-0.2, 0) is 4.79 Å². The van der Waals surface area contributed by atoms with Gasteiger partial charge in [-0.1, -0.05) is 34.1 Å². The SMILES string of the molecule is COc1ccc(NC(=O)[C@H]2[C@@H]3NC(=S)N(c4ccccc4)[C@@]2(C)Oc2ccc(Br)cc23)cc1. The van der Waals surface area contributed by atoms with Gasteiger partial charge in [-0.05, 0) is 73.7 Å². The number of carbonyl (C=O) groups excluding carboxylic acids is 1. The number of amides is 1. The third-order valence-corrected chi connectivity index (χ3v) is 6.91. The summed E-state index contributed by atoms with van der Waals surface area (Å²) >= 11 is 9.31. The molecule has 2 aliphatic heterocycles. The number of benzene rings is 3. The molecule has 2 heterocycles. The Kier molecular flexibility index (Phi) is 5.50. The number of ether oxygens (including phenoxy) is 2. The number of anilines is 2. The highest BCUT2D eigenvalue weighted by Crippen LogP contribution is 2.50. The van der Waals surface area contributed by atoms with Crippen LogP contribution in [0.1, 0.15) is 18.5 Å². The van der Waals surface area contributed by atoms with E-state index in [0.717, 1.165) is 27.2 Å². The summed E-state index contributed by atoms with van der Waals surface area (Å²) in [6.07, 6.45) is 0. The first-order chi connectivity index (χ1) is 15.9. The third kappa shape index (κ3) is 3.73. The maximum atomic E-state index is 13.8. The number of nitrogens with one attached hydrogen (secondary N) is 2. The summed E-state index contributed by atoms with van der Waals surface area (Å²) in [6.45, 7) is 1.92. The van der Waals surface area contributed by atoms with Crippen molar-refractivity contribution in [2.75, 3.05) is 17.3 Å². The van der Waals surface area contributed by atoms with Crippen molar-refractivity contribution in [3.63, 3.8) is 0 Å². The summed E-state index contributed by atoms with van der Waals surface area (Å²) in [4.78, 5) is 15.7. The fourth-order valence-corrected chi connectivity index (χ4v) is 5.41. The smallest absolute Gasteiger partial charge is 0.236 e. The Labute approximate surface area is 206 Å². The van der Waals surface area contributed by atoms with Crippen LogP contribution in [0, 0.1) is 5.92 Å². The van der Waals surface area contributed by atoms with E-state index in [2.05, 4.69) is 26.6 Å². The van der Waals surface area contributed by atoms with Crippen LogP contribution in [0.4, 0.5) is 11.4 Å². The van der Waals surface area contributed by atoms with E-state index in [1.54, 1.807) is 7.11 Å². The monoisotopic (exact) mass is 523 g/mol. The minimum atomic E-state index is -1.05. The minimum absolute atomic E-state index is 0.172. The summed E-state index contributed by atoms with van der Waals surface area (Å²) in [6, 6.07) is 22.4. The highest BCUT2D eigenvalue weighted by molar-refractivity contribution is 9.10. The highest BCUT2D eigenvalue weighted by atomic mass is 79.9. The number of thiocarbonyl (C=S) groups is 1. The largest absolute Gasteiger partial charge is 0.497 e. The van der Waals surface area contributed by atoms with Crippen molar-refractivity contribution in [1.82, 2.24) is 5.32 Å². The van der Waals surface area contributed by atoms with Gasteiger partial charge in [0, 0.05) is 21.4 Å². The van der Waals surface area contributed by atoms with E-state index in [0.29, 0.717) is 10.8 Å². The number of rotatable bonds is 4. The molecule has 0 spiro atoms. The second kappa shape index (κ2) is 8.35. The van der Waals surface area contributed by atoms with Gasteiger partial charge in [0.25, 0.3) is 0 Å². The second-order valence-corrected chi connectivity index (χ2v) is 9.43. The molecule has 3 aromatic rings. The molecule has 2 bridgehead atoms. The fourth-order valence-electron chi connectivity index (χ4n) is 4.61. The second-order valence-electron chi connectivity index (χ2n) is 8.13. The first kappa shape index (κ1) is 21.7. The van der Waals surface area contributed by atoms with Crippen LogP contribution in [0.2, 0.25) is 0 Å². The van der Waals surface area contributed by atoms with E-state index >= 15 is 0 Å². The molecule has 0 saturated carbocycles. The van der Waals surface area contributed by atoms with Gasteiger partial charge in [-0.25, -0.2) is 0 Å². The lowest BCUT2D eigenvalue weighted by atomic mass is 9.78. The van der Waals surface area contributed by atoms with Crippen LogP contribution < -0.4 is 25.0 Å². The van der Waals surface area contributed by atoms with Gasteiger partial charge >= 0.3 is 0 Å². The molecule has 33 heavy (non-hydrogen) atoms. The number of nitrogens with zero attached hydrogens (tertiary/aromatic N) is 1. The van der Waals surface area contributed by atoms with Gasteiger partial charge in [0.15, 0.2) is 10.8 Å². The lowest BCUT2D eigenvalue weighted by molar-refractivity contribution is -0.130. The lowest BCUT2D eigenvalue weighted by Crippen LogP contribution is -2.72. The summed E-state index contributed by atoms with van der Waals surface area (Å²) in [5.74, 6) is 0.663. The quantitative estimate of drug-likeness (QED) is 0.455. The van der Waals surface area contributed by atoms with Gasteiger partial charge in [-0.15, -0.1) is 0 Å². The molecule has 3 aromatic carbocycles. The minimum Gasteiger partial charge on any atom is -0.497 e. The molecule has 1 fully saturated rings. The maximum absolute atomic E-state index is 13.8. The Bertz CT molecular complexity index is 1220. The molecule has 0 aromatic heterocycles. The van der Waals surface area contributed by atoms with Crippen LogP contribution in [0.25, 0.3) is 0 Å². The van der Waals surface area contributed by atoms with Crippen LogP contribution in [0.3, 0.4) is 0 Å². The van der Waals surface area contributed by atoms with Crippen LogP contribution in [0.15, 0.2) is 77.3 Å².